The number of fused-ring (bicyclic) bond motifs is 1. The summed E-state index contributed by atoms with van der Waals surface area (Å²) in [7, 11) is 3.24. The fraction of sp³-hybridized carbons (Fsp3) is 0.0811. The average molecular weight is 565 g/mol. The van der Waals surface area contributed by atoms with Crippen molar-refractivity contribution in [1.29, 1.82) is 5.26 Å². The molecule has 0 spiro atoms. The van der Waals surface area contributed by atoms with E-state index in [0.717, 1.165) is 39.5 Å². The zero-order chi connectivity index (χ0) is 29.6. The summed E-state index contributed by atoms with van der Waals surface area (Å²) < 4.78 is 23.1. The molecule has 6 nitrogen and oxygen atoms in total. The van der Waals surface area contributed by atoms with E-state index in [1.165, 1.54) is 10.8 Å². The number of nitrogens with zero attached hydrogens (tertiary/aromatic N) is 2. The first-order valence-corrected chi connectivity index (χ1v) is 13.8. The smallest absolute Gasteiger partial charge is 0.238 e. The maximum Gasteiger partial charge on any atom is 0.238 e. The summed E-state index contributed by atoms with van der Waals surface area (Å²) in [5, 5.41) is 12.6. The van der Waals surface area contributed by atoms with Gasteiger partial charge in [-0.15, -0.1) is 0 Å². The molecule has 1 heterocycles. The number of aliphatic imine (C=N–C) groups is 1. The van der Waals surface area contributed by atoms with Gasteiger partial charge in [0.25, 0.3) is 0 Å². The molecule has 6 heteroatoms. The number of furan rings is 1. The molecule has 0 aliphatic heterocycles. The molecule has 0 unspecified atom stereocenters. The van der Waals surface area contributed by atoms with Crippen LogP contribution in [0.15, 0.2) is 125 Å². The fourth-order valence-electron chi connectivity index (χ4n) is 4.99. The Hall–Kier alpha value is -5.80. The van der Waals surface area contributed by atoms with E-state index < -0.39 is 0 Å². The molecule has 0 radical (unpaired) electrons. The van der Waals surface area contributed by atoms with Crippen molar-refractivity contribution in [3.63, 3.8) is 0 Å². The van der Waals surface area contributed by atoms with Crippen molar-refractivity contribution >= 4 is 22.9 Å². The number of rotatable bonds is 9. The topological polar surface area (TPSA) is 77.0 Å². The zero-order valence-corrected chi connectivity index (χ0v) is 23.8. The molecule has 6 rings (SSSR count). The lowest BCUT2D eigenvalue weighted by Crippen LogP contribution is -1.97. The van der Waals surface area contributed by atoms with Crippen LogP contribution in [0.25, 0.3) is 33.2 Å². The number of methoxy groups -OCH3 is 2. The second-order valence-electron chi connectivity index (χ2n) is 9.81. The zero-order valence-electron chi connectivity index (χ0n) is 23.8. The van der Waals surface area contributed by atoms with Gasteiger partial charge in [-0.2, -0.15) is 5.26 Å². The monoisotopic (exact) mass is 564 g/mol. The van der Waals surface area contributed by atoms with Gasteiger partial charge in [0.15, 0.2) is 0 Å². The van der Waals surface area contributed by atoms with Crippen LogP contribution in [0.2, 0.25) is 0 Å². The Bertz CT molecular complexity index is 1940. The molecule has 0 bridgehead atoms. The van der Waals surface area contributed by atoms with Crippen LogP contribution in [-0.2, 0) is 6.61 Å². The summed E-state index contributed by atoms with van der Waals surface area (Å²) >= 11 is 0. The molecular formula is C37H28N2O4. The van der Waals surface area contributed by atoms with Crippen molar-refractivity contribution < 1.29 is 18.6 Å². The molecule has 5 aromatic carbocycles. The first-order chi connectivity index (χ1) is 21.2. The lowest BCUT2D eigenvalue weighted by atomic mass is 9.98. The van der Waals surface area contributed by atoms with Crippen molar-refractivity contribution in [2.45, 2.75) is 6.61 Å². The van der Waals surface area contributed by atoms with Crippen LogP contribution in [0.4, 0.5) is 5.88 Å². The first-order valence-electron chi connectivity index (χ1n) is 13.8. The Morgan fingerprint density at radius 3 is 2.14 bits per heavy atom. The molecule has 0 aliphatic carbocycles. The predicted octanol–water partition coefficient (Wildman–Crippen LogP) is 8.99. The molecule has 210 valence electrons. The van der Waals surface area contributed by atoms with Crippen LogP contribution in [0.1, 0.15) is 16.7 Å². The summed E-state index contributed by atoms with van der Waals surface area (Å²) in [5.74, 6) is 2.93. The SMILES string of the molecule is COc1ccc(-c2oc(N=Cc3cccc(OCc4cccc5ccccc45)c3)c(C#N)c2-c2ccc(OC)cc2)cc1. The summed E-state index contributed by atoms with van der Waals surface area (Å²) in [6.45, 7) is 0.440. The quantitative estimate of drug-likeness (QED) is 0.164. The standard InChI is InChI=1S/C37H28N2O4/c1-40-30-17-13-27(14-18-30)35-34(22-38)37(43-36(35)28-15-19-31(41-2)20-16-28)39-23-25-7-5-11-32(21-25)42-24-29-10-6-9-26-8-3-4-12-33(26)29/h3-21,23H,24H2,1-2H3. The van der Waals surface area contributed by atoms with Gasteiger partial charge in [-0.25, -0.2) is 4.99 Å². The van der Waals surface area contributed by atoms with Gasteiger partial charge in [0, 0.05) is 17.3 Å². The van der Waals surface area contributed by atoms with E-state index in [2.05, 4.69) is 35.3 Å². The van der Waals surface area contributed by atoms with E-state index in [4.69, 9.17) is 18.6 Å². The minimum atomic E-state index is 0.223. The number of ether oxygens (including phenoxy) is 3. The van der Waals surface area contributed by atoms with Gasteiger partial charge in [0.1, 0.15) is 41.2 Å². The number of benzene rings is 5. The predicted molar refractivity (Wildman–Crippen MR) is 169 cm³/mol. The molecule has 0 N–H and O–H groups in total. The largest absolute Gasteiger partial charge is 0.497 e. The Kier molecular flexibility index (Phi) is 7.88. The molecule has 43 heavy (non-hydrogen) atoms. The van der Waals surface area contributed by atoms with Gasteiger partial charge < -0.3 is 18.6 Å². The number of hydrogen-bond acceptors (Lipinski definition) is 6. The fourth-order valence-corrected chi connectivity index (χ4v) is 4.99. The van der Waals surface area contributed by atoms with Crippen molar-refractivity contribution in [3.05, 3.63) is 132 Å². The molecule has 0 atom stereocenters. The molecule has 0 saturated carbocycles. The molecule has 0 fully saturated rings. The maximum absolute atomic E-state index is 10.2. The lowest BCUT2D eigenvalue weighted by Gasteiger charge is -2.09. The number of nitriles is 1. The molecule has 0 aliphatic rings. The van der Waals surface area contributed by atoms with Crippen LogP contribution >= 0.6 is 0 Å². The van der Waals surface area contributed by atoms with Crippen LogP contribution in [0, 0.1) is 11.3 Å². The first kappa shape index (κ1) is 27.4. The van der Waals surface area contributed by atoms with Crippen molar-refractivity contribution in [2.24, 2.45) is 4.99 Å². The summed E-state index contributed by atoms with van der Waals surface area (Å²) in [5.41, 5.74) is 4.55. The van der Waals surface area contributed by atoms with Crippen molar-refractivity contribution in [2.75, 3.05) is 14.2 Å². The second kappa shape index (κ2) is 12.4. The highest BCUT2D eigenvalue weighted by Crippen LogP contribution is 2.43. The van der Waals surface area contributed by atoms with E-state index in [1.807, 2.05) is 91.0 Å². The van der Waals surface area contributed by atoms with Crippen LogP contribution in [0.3, 0.4) is 0 Å². The minimum absolute atomic E-state index is 0.223. The molecule has 6 aromatic rings. The lowest BCUT2D eigenvalue weighted by molar-refractivity contribution is 0.307. The Morgan fingerprint density at radius 1 is 0.744 bits per heavy atom. The Morgan fingerprint density at radius 2 is 1.42 bits per heavy atom. The average Bonchev–Trinajstić information content (AvgIpc) is 3.45. The second-order valence-corrected chi connectivity index (χ2v) is 9.81. The highest BCUT2D eigenvalue weighted by Gasteiger charge is 2.23. The van der Waals surface area contributed by atoms with E-state index in [1.54, 1.807) is 20.4 Å². The van der Waals surface area contributed by atoms with E-state index in [-0.39, 0.29) is 5.88 Å². The molecule has 0 amide bonds. The highest BCUT2D eigenvalue weighted by atomic mass is 16.5. The van der Waals surface area contributed by atoms with Gasteiger partial charge in [0.2, 0.25) is 5.88 Å². The van der Waals surface area contributed by atoms with Gasteiger partial charge in [0.05, 0.1) is 14.2 Å². The summed E-state index contributed by atoms with van der Waals surface area (Å²) in [6, 6.07) is 39.5. The third kappa shape index (κ3) is 5.83. The van der Waals surface area contributed by atoms with Gasteiger partial charge >= 0.3 is 0 Å². The third-order valence-electron chi connectivity index (χ3n) is 7.20. The van der Waals surface area contributed by atoms with E-state index in [0.29, 0.717) is 23.5 Å². The van der Waals surface area contributed by atoms with Gasteiger partial charge in [-0.3, -0.25) is 0 Å². The Balaban J connectivity index is 1.31. The van der Waals surface area contributed by atoms with Gasteiger partial charge in [-0.1, -0.05) is 66.7 Å². The number of hydrogen-bond donors (Lipinski definition) is 0. The third-order valence-corrected chi connectivity index (χ3v) is 7.20. The highest BCUT2D eigenvalue weighted by molar-refractivity contribution is 5.90. The van der Waals surface area contributed by atoms with Crippen LogP contribution in [0.5, 0.6) is 17.2 Å². The minimum Gasteiger partial charge on any atom is -0.497 e. The molecule has 1 aromatic heterocycles. The van der Waals surface area contributed by atoms with E-state index >= 15 is 0 Å². The molecule has 0 saturated heterocycles. The van der Waals surface area contributed by atoms with Gasteiger partial charge in [-0.05, 0) is 76.0 Å². The molecular weight excluding hydrogens is 536 g/mol. The maximum atomic E-state index is 10.2. The Labute approximate surface area is 250 Å². The summed E-state index contributed by atoms with van der Waals surface area (Å²) in [6.07, 6.45) is 1.68. The van der Waals surface area contributed by atoms with E-state index in [9.17, 15) is 5.26 Å². The summed E-state index contributed by atoms with van der Waals surface area (Å²) in [4.78, 5) is 4.63. The van der Waals surface area contributed by atoms with Crippen molar-refractivity contribution in [3.8, 4) is 45.8 Å². The van der Waals surface area contributed by atoms with Crippen LogP contribution in [-0.4, -0.2) is 20.4 Å². The normalized spacial score (nSPS) is 11.0. The van der Waals surface area contributed by atoms with Crippen LogP contribution < -0.4 is 14.2 Å². The van der Waals surface area contributed by atoms with Crippen molar-refractivity contribution in [1.82, 2.24) is 0 Å².